The molecule has 0 spiro atoms. The summed E-state index contributed by atoms with van der Waals surface area (Å²) in [5.74, 6) is 1.32. The van der Waals surface area contributed by atoms with E-state index in [1.807, 2.05) is 9.80 Å². The maximum atomic E-state index is 11.3. The van der Waals surface area contributed by atoms with Crippen LogP contribution in [0.3, 0.4) is 0 Å². The molecule has 0 aliphatic carbocycles. The summed E-state index contributed by atoms with van der Waals surface area (Å²) in [6.45, 7) is 4.45. The summed E-state index contributed by atoms with van der Waals surface area (Å²) in [6, 6.07) is 1.72. The molecule has 0 aromatic carbocycles. The van der Waals surface area contributed by atoms with Crippen molar-refractivity contribution in [1.82, 2.24) is 25.2 Å². The van der Waals surface area contributed by atoms with Crippen molar-refractivity contribution in [2.24, 2.45) is 0 Å². The van der Waals surface area contributed by atoms with Gasteiger partial charge in [-0.2, -0.15) is 4.98 Å². The summed E-state index contributed by atoms with van der Waals surface area (Å²) in [6.07, 6.45) is 1.49. The topological polar surface area (TPSA) is 91.2 Å². The minimum absolute atomic E-state index is 0.109. The summed E-state index contributed by atoms with van der Waals surface area (Å²) >= 11 is 0. The van der Waals surface area contributed by atoms with E-state index in [-0.39, 0.29) is 5.91 Å². The van der Waals surface area contributed by atoms with Gasteiger partial charge in [0, 0.05) is 39.2 Å². The molecule has 8 nitrogen and oxygen atoms in total. The average molecular weight is 262 g/mol. The number of hydrogen-bond acceptors (Lipinski definition) is 6. The normalized spacial score (nSPS) is 15.8. The molecule has 1 fully saturated rings. The Labute approximate surface area is 109 Å². The van der Waals surface area contributed by atoms with Crippen molar-refractivity contribution in [3.05, 3.63) is 12.3 Å². The molecular formula is C11H14N6O2. The number of H-pyrrole nitrogens is 1. The lowest BCUT2D eigenvalue weighted by Crippen LogP contribution is -2.48. The number of piperazine rings is 1. The molecule has 3 rings (SSSR count). The highest BCUT2D eigenvalue weighted by Crippen LogP contribution is 2.16. The Morgan fingerprint density at radius 3 is 2.79 bits per heavy atom. The highest BCUT2D eigenvalue weighted by atomic mass is 16.5. The van der Waals surface area contributed by atoms with E-state index < -0.39 is 0 Å². The number of nitrogens with one attached hydrogen (secondary N) is 1. The molecule has 1 aliphatic rings. The summed E-state index contributed by atoms with van der Waals surface area (Å²) in [4.78, 5) is 19.5. The Hall–Kier alpha value is -2.38. The van der Waals surface area contributed by atoms with Crippen LogP contribution in [0, 0.1) is 0 Å². The quantitative estimate of drug-likeness (QED) is 0.827. The van der Waals surface area contributed by atoms with E-state index >= 15 is 0 Å². The first kappa shape index (κ1) is 11.7. The molecule has 2 aromatic heterocycles. The molecule has 0 bridgehead atoms. The predicted molar refractivity (Wildman–Crippen MR) is 66.3 cm³/mol. The molecule has 2 aromatic rings. The minimum Gasteiger partial charge on any atom is -0.364 e. The molecule has 1 aliphatic heterocycles. The zero-order valence-corrected chi connectivity index (χ0v) is 10.5. The van der Waals surface area contributed by atoms with Crippen molar-refractivity contribution in [2.75, 3.05) is 31.1 Å². The predicted octanol–water partition coefficient (Wildman–Crippen LogP) is 0.128. The lowest BCUT2D eigenvalue weighted by atomic mass is 10.3. The molecule has 8 heteroatoms. The van der Waals surface area contributed by atoms with Gasteiger partial charge < -0.3 is 14.3 Å². The van der Waals surface area contributed by atoms with Gasteiger partial charge in [-0.05, 0) is 0 Å². The smallest absolute Gasteiger partial charge is 0.245 e. The summed E-state index contributed by atoms with van der Waals surface area (Å²) in [5, 5.41) is 10.8. The molecule has 1 saturated heterocycles. The monoisotopic (exact) mass is 262 g/mol. The summed E-state index contributed by atoms with van der Waals surface area (Å²) in [7, 11) is 0. The molecule has 1 amide bonds. The number of aromatic amines is 1. The second-order valence-corrected chi connectivity index (χ2v) is 4.36. The highest BCUT2D eigenvalue weighted by molar-refractivity contribution is 5.73. The van der Waals surface area contributed by atoms with E-state index in [9.17, 15) is 4.79 Å². The lowest BCUT2D eigenvalue weighted by Gasteiger charge is -2.33. The maximum Gasteiger partial charge on any atom is 0.245 e. The van der Waals surface area contributed by atoms with Crippen LogP contribution < -0.4 is 4.90 Å². The molecular weight excluding hydrogens is 248 g/mol. The van der Waals surface area contributed by atoms with Crippen molar-refractivity contribution < 1.29 is 9.32 Å². The summed E-state index contributed by atoms with van der Waals surface area (Å²) in [5.41, 5.74) is 0.626. The third kappa shape index (κ3) is 2.28. The van der Waals surface area contributed by atoms with Crippen LogP contribution in [0.4, 0.5) is 5.95 Å². The largest absolute Gasteiger partial charge is 0.364 e. The molecule has 0 unspecified atom stereocenters. The lowest BCUT2D eigenvalue weighted by molar-refractivity contribution is -0.129. The Kier molecular flexibility index (Phi) is 2.90. The number of nitrogens with zero attached hydrogens (tertiary/aromatic N) is 5. The van der Waals surface area contributed by atoms with Gasteiger partial charge in [-0.25, -0.2) is 0 Å². The van der Waals surface area contributed by atoms with Crippen LogP contribution in [0.15, 0.2) is 16.9 Å². The van der Waals surface area contributed by atoms with Gasteiger partial charge in [-0.1, -0.05) is 5.16 Å². The average Bonchev–Trinajstić information content (AvgIpc) is 3.10. The Bertz CT molecular complexity index is 556. The maximum absolute atomic E-state index is 11.3. The fraction of sp³-hybridized carbons (Fsp3) is 0.455. The minimum atomic E-state index is 0.109. The number of rotatable bonds is 2. The van der Waals surface area contributed by atoms with Crippen LogP contribution in [-0.4, -0.2) is 57.3 Å². The zero-order chi connectivity index (χ0) is 13.2. The van der Waals surface area contributed by atoms with Gasteiger partial charge in [-0.15, -0.1) is 5.10 Å². The first-order valence-corrected chi connectivity index (χ1v) is 6.07. The Balaban J connectivity index is 1.69. The molecule has 0 radical (unpaired) electrons. The second kappa shape index (κ2) is 4.71. The second-order valence-electron chi connectivity index (χ2n) is 4.36. The van der Waals surface area contributed by atoms with Crippen molar-refractivity contribution in [3.63, 3.8) is 0 Å². The third-order valence-electron chi connectivity index (χ3n) is 3.16. The molecule has 1 N–H and O–H groups in total. The van der Waals surface area contributed by atoms with Crippen LogP contribution in [0.1, 0.15) is 6.92 Å². The van der Waals surface area contributed by atoms with E-state index in [0.29, 0.717) is 30.6 Å². The van der Waals surface area contributed by atoms with E-state index in [4.69, 9.17) is 4.52 Å². The van der Waals surface area contributed by atoms with Gasteiger partial charge in [0.2, 0.25) is 11.9 Å². The highest BCUT2D eigenvalue weighted by Gasteiger charge is 2.21. The molecule has 19 heavy (non-hydrogen) atoms. The van der Waals surface area contributed by atoms with Crippen LogP contribution in [-0.2, 0) is 4.79 Å². The number of carbonyl (C=O) groups excluding carboxylic acids is 1. The van der Waals surface area contributed by atoms with Crippen molar-refractivity contribution in [3.8, 4) is 11.5 Å². The van der Waals surface area contributed by atoms with Gasteiger partial charge in [0.25, 0.3) is 0 Å². The molecule has 3 heterocycles. The zero-order valence-electron chi connectivity index (χ0n) is 10.5. The third-order valence-corrected chi connectivity index (χ3v) is 3.16. The standard InChI is InChI=1S/C11H14N6O2/c1-8(18)16-3-5-17(6-4-16)11-12-10(13-14-11)9-2-7-19-15-9/h2,7H,3-6H2,1H3,(H,12,13,14). The SMILES string of the molecule is CC(=O)N1CCN(c2n[nH]c(-c3ccon3)n2)CC1. The molecule has 100 valence electrons. The number of hydrogen-bond donors (Lipinski definition) is 1. The van der Waals surface area contributed by atoms with E-state index in [1.54, 1.807) is 13.0 Å². The van der Waals surface area contributed by atoms with Crippen LogP contribution in [0.2, 0.25) is 0 Å². The number of amides is 1. The van der Waals surface area contributed by atoms with E-state index in [1.165, 1.54) is 6.26 Å². The Morgan fingerprint density at radius 1 is 1.37 bits per heavy atom. The van der Waals surface area contributed by atoms with Crippen molar-refractivity contribution in [2.45, 2.75) is 6.92 Å². The summed E-state index contributed by atoms with van der Waals surface area (Å²) < 4.78 is 4.77. The van der Waals surface area contributed by atoms with Gasteiger partial charge in [-0.3, -0.25) is 9.89 Å². The van der Waals surface area contributed by atoms with Gasteiger partial charge in [0.05, 0.1) is 0 Å². The molecule has 0 atom stereocenters. The van der Waals surface area contributed by atoms with Gasteiger partial charge >= 0.3 is 0 Å². The van der Waals surface area contributed by atoms with Gasteiger partial charge in [0.1, 0.15) is 6.26 Å². The van der Waals surface area contributed by atoms with Crippen LogP contribution in [0.25, 0.3) is 11.5 Å². The number of aromatic nitrogens is 4. The fourth-order valence-corrected chi connectivity index (χ4v) is 2.06. The van der Waals surface area contributed by atoms with E-state index in [0.717, 1.165) is 13.1 Å². The van der Waals surface area contributed by atoms with Crippen LogP contribution in [0.5, 0.6) is 0 Å². The number of anilines is 1. The fourth-order valence-electron chi connectivity index (χ4n) is 2.06. The molecule has 0 saturated carbocycles. The van der Waals surface area contributed by atoms with E-state index in [2.05, 4.69) is 20.3 Å². The van der Waals surface area contributed by atoms with Crippen LogP contribution >= 0.6 is 0 Å². The first-order chi connectivity index (χ1) is 9.24. The number of carbonyl (C=O) groups is 1. The first-order valence-electron chi connectivity index (χ1n) is 6.07. The van der Waals surface area contributed by atoms with Crippen molar-refractivity contribution in [1.29, 1.82) is 0 Å². The van der Waals surface area contributed by atoms with Crippen molar-refractivity contribution >= 4 is 11.9 Å². The van der Waals surface area contributed by atoms with Gasteiger partial charge in [0.15, 0.2) is 11.5 Å². The Morgan fingerprint density at radius 2 is 2.16 bits per heavy atom.